The van der Waals surface area contributed by atoms with E-state index in [-0.39, 0.29) is 17.7 Å². The molecule has 0 N–H and O–H groups in total. The zero-order valence-corrected chi connectivity index (χ0v) is 13.5. The Morgan fingerprint density at radius 1 is 1.36 bits per heavy atom. The van der Waals surface area contributed by atoms with Gasteiger partial charge in [-0.15, -0.1) is 0 Å². The molecule has 1 aliphatic heterocycles. The van der Waals surface area contributed by atoms with Gasteiger partial charge in [-0.3, -0.25) is 9.59 Å². The molecule has 1 heterocycles. The van der Waals surface area contributed by atoms with E-state index in [2.05, 4.69) is 0 Å². The van der Waals surface area contributed by atoms with Gasteiger partial charge in [-0.1, -0.05) is 12.1 Å². The zero-order chi connectivity index (χ0) is 16.1. The summed E-state index contributed by atoms with van der Waals surface area (Å²) in [5.74, 6) is 0.756. The second kappa shape index (κ2) is 7.29. The average molecular weight is 304 g/mol. The Labute approximate surface area is 131 Å². The number of hydrogen-bond donors (Lipinski definition) is 0. The van der Waals surface area contributed by atoms with Crippen LogP contribution in [0.3, 0.4) is 0 Å². The normalized spacial score (nSPS) is 18.2. The van der Waals surface area contributed by atoms with E-state index in [1.807, 2.05) is 31.2 Å². The number of likely N-dealkylation sites (tertiary alicyclic amines) is 1. The molecule has 0 aromatic heterocycles. The van der Waals surface area contributed by atoms with Crippen LogP contribution in [0.25, 0.3) is 0 Å². The molecule has 2 rings (SSSR count). The van der Waals surface area contributed by atoms with Gasteiger partial charge in [0.15, 0.2) is 0 Å². The zero-order valence-electron chi connectivity index (χ0n) is 13.5. The molecular weight excluding hydrogens is 280 g/mol. The van der Waals surface area contributed by atoms with E-state index in [0.717, 1.165) is 17.7 Å². The molecule has 1 saturated heterocycles. The third kappa shape index (κ3) is 4.00. The second-order valence-corrected chi connectivity index (χ2v) is 5.78. The molecule has 5 heteroatoms. The molecule has 0 spiro atoms. The summed E-state index contributed by atoms with van der Waals surface area (Å²) in [6.07, 6.45) is 1.07. The summed E-state index contributed by atoms with van der Waals surface area (Å²) < 4.78 is 5.41. The van der Waals surface area contributed by atoms with E-state index in [9.17, 15) is 9.59 Å². The molecular formula is C17H24N2O3. The maximum Gasteiger partial charge on any atom is 0.226 e. The van der Waals surface area contributed by atoms with Crippen LogP contribution in [-0.4, -0.2) is 48.9 Å². The Kier molecular flexibility index (Phi) is 5.41. The lowest BCUT2D eigenvalue weighted by Gasteiger charge is -2.30. The van der Waals surface area contributed by atoms with Crippen LogP contribution in [0.5, 0.6) is 5.75 Å². The van der Waals surface area contributed by atoms with Crippen molar-refractivity contribution in [2.24, 2.45) is 5.92 Å². The van der Waals surface area contributed by atoms with E-state index in [0.29, 0.717) is 26.1 Å². The van der Waals surface area contributed by atoms with Gasteiger partial charge in [0, 0.05) is 39.5 Å². The number of rotatable bonds is 5. The van der Waals surface area contributed by atoms with Gasteiger partial charge in [0.05, 0.1) is 6.61 Å². The van der Waals surface area contributed by atoms with Crippen LogP contribution in [0.15, 0.2) is 24.3 Å². The van der Waals surface area contributed by atoms with Crippen LogP contribution in [0.4, 0.5) is 0 Å². The van der Waals surface area contributed by atoms with Crippen LogP contribution in [0.1, 0.15) is 25.3 Å². The fourth-order valence-electron chi connectivity index (χ4n) is 2.67. The predicted molar refractivity (Wildman–Crippen MR) is 84.4 cm³/mol. The fraction of sp³-hybridized carbons (Fsp3) is 0.529. The number of carbonyl (C=O) groups excluding carboxylic acids is 2. The van der Waals surface area contributed by atoms with Gasteiger partial charge in [0.2, 0.25) is 11.8 Å². The molecule has 1 aromatic carbocycles. The number of nitrogens with zero attached hydrogens (tertiary/aromatic N) is 2. The molecule has 1 aromatic rings. The first-order valence-corrected chi connectivity index (χ1v) is 7.72. The topological polar surface area (TPSA) is 49.9 Å². The van der Waals surface area contributed by atoms with Gasteiger partial charge in [-0.05, 0) is 31.0 Å². The Balaban J connectivity index is 1.92. The number of hydrogen-bond acceptors (Lipinski definition) is 3. The first-order chi connectivity index (χ1) is 10.5. The molecule has 22 heavy (non-hydrogen) atoms. The molecule has 0 bridgehead atoms. The minimum Gasteiger partial charge on any atom is -0.494 e. The number of piperidine rings is 1. The fourth-order valence-corrected chi connectivity index (χ4v) is 2.67. The van der Waals surface area contributed by atoms with Gasteiger partial charge in [-0.2, -0.15) is 0 Å². The van der Waals surface area contributed by atoms with Crippen molar-refractivity contribution in [2.45, 2.75) is 26.3 Å². The van der Waals surface area contributed by atoms with Gasteiger partial charge < -0.3 is 14.5 Å². The summed E-state index contributed by atoms with van der Waals surface area (Å²) >= 11 is 0. The molecule has 1 atom stereocenters. The third-order valence-electron chi connectivity index (χ3n) is 4.04. The highest BCUT2D eigenvalue weighted by Gasteiger charge is 2.30. The Morgan fingerprint density at radius 2 is 2.05 bits per heavy atom. The SMILES string of the molecule is CCOc1ccc(CN(C)C(=O)[C@@H]2CCN(C)C(=O)C2)cc1. The maximum absolute atomic E-state index is 12.5. The standard InChI is InChI=1S/C17H24N2O3/c1-4-22-15-7-5-13(6-8-15)12-19(3)17(21)14-9-10-18(2)16(20)11-14/h5-8,14H,4,9-12H2,1-3H3/t14-/m1/s1. The van der Waals surface area contributed by atoms with Crippen LogP contribution < -0.4 is 4.74 Å². The van der Waals surface area contributed by atoms with E-state index in [1.54, 1.807) is 23.9 Å². The third-order valence-corrected chi connectivity index (χ3v) is 4.04. The van der Waals surface area contributed by atoms with Crippen LogP contribution >= 0.6 is 0 Å². The second-order valence-electron chi connectivity index (χ2n) is 5.78. The molecule has 1 fully saturated rings. The Hall–Kier alpha value is -2.04. The first kappa shape index (κ1) is 16.3. The molecule has 0 saturated carbocycles. The van der Waals surface area contributed by atoms with Crippen molar-refractivity contribution < 1.29 is 14.3 Å². The van der Waals surface area contributed by atoms with Crippen LogP contribution in [0.2, 0.25) is 0 Å². The lowest BCUT2D eigenvalue weighted by Crippen LogP contribution is -2.42. The van der Waals surface area contributed by atoms with Crippen molar-refractivity contribution in [3.8, 4) is 5.75 Å². The smallest absolute Gasteiger partial charge is 0.226 e. The van der Waals surface area contributed by atoms with Crippen molar-refractivity contribution in [2.75, 3.05) is 27.2 Å². The van der Waals surface area contributed by atoms with Crippen molar-refractivity contribution >= 4 is 11.8 Å². The molecule has 1 aliphatic rings. The summed E-state index contributed by atoms with van der Waals surface area (Å²) in [6, 6.07) is 7.76. The van der Waals surface area contributed by atoms with E-state index in [1.165, 1.54) is 0 Å². The molecule has 0 radical (unpaired) electrons. The molecule has 120 valence electrons. The minimum absolute atomic E-state index is 0.0512. The highest BCUT2D eigenvalue weighted by atomic mass is 16.5. The summed E-state index contributed by atoms with van der Waals surface area (Å²) in [6.45, 7) is 3.79. The number of carbonyl (C=O) groups is 2. The van der Waals surface area contributed by atoms with Crippen molar-refractivity contribution in [1.29, 1.82) is 0 Å². The van der Waals surface area contributed by atoms with Gasteiger partial charge in [-0.25, -0.2) is 0 Å². The van der Waals surface area contributed by atoms with E-state index in [4.69, 9.17) is 4.74 Å². The molecule has 0 aliphatic carbocycles. The highest BCUT2D eigenvalue weighted by Crippen LogP contribution is 2.20. The van der Waals surface area contributed by atoms with Crippen molar-refractivity contribution in [3.05, 3.63) is 29.8 Å². The number of amides is 2. The monoisotopic (exact) mass is 304 g/mol. The molecule has 2 amide bonds. The molecule has 5 nitrogen and oxygen atoms in total. The summed E-state index contributed by atoms with van der Waals surface area (Å²) in [7, 11) is 3.58. The Bertz CT molecular complexity index is 527. The average Bonchev–Trinajstić information content (AvgIpc) is 2.51. The van der Waals surface area contributed by atoms with Crippen molar-refractivity contribution in [1.82, 2.24) is 9.80 Å². The van der Waals surface area contributed by atoms with Gasteiger partial charge >= 0.3 is 0 Å². The maximum atomic E-state index is 12.5. The van der Waals surface area contributed by atoms with E-state index < -0.39 is 0 Å². The predicted octanol–water partition coefficient (Wildman–Crippen LogP) is 1.91. The first-order valence-electron chi connectivity index (χ1n) is 7.72. The van der Waals surface area contributed by atoms with Crippen LogP contribution in [0, 0.1) is 5.92 Å². The molecule has 0 unspecified atom stereocenters. The summed E-state index contributed by atoms with van der Waals surface area (Å²) in [5, 5.41) is 0. The largest absolute Gasteiger partial charge is 0.494 e. The van der Waals surface area contributed by atoms with Crippen LogP contribution in [-0.2, 0) is 16.1 Å². The Morgan fingerprint density at radius 3 is 2.64 bits per heavy atom. The lowest BCUT2D eigenvalue weighted by atomic mass is 9.95. The van der Waals surface area contributed by atoms with Gasteiger partial charge in [0.1, 0.15) is 5.75 Å². The number of ether oxygens (including phenoxy) is 1. The number of benzene rings is 1. The highest BCUT2D eigenvalue weighted by molar-refractivity contribution is 5.86. The lowest BCUT2D eigenvalue weighted by molar-refractivity contribution is -0.143. The van der Waals surface area contributed by atoms with E-state index >= 15 is 0 Å². The summed E-state index contributed by atoms with van der Waals surface area (Å²) in [5.41, 5.74) is 1.05. The van der Waals surface area contributed by atoms with Crippen molar-refractivity contribution in [3.63, 3.8) is 0 Å². The minimum atomic E-state index is -0.184. The summed E-state index contributed by atoms with van der Waals surface area (Å²) in [4.78, 5) is 27.6. The quantitative estimate of drug-likeness (QED) is 0.835. The van der Waals surface area contributed by atoms with Gasteiger partial charge in [0.25, 0.3) is 0 Å².